The van der Waals surface area contributed by atoms with Gasteiger partial charge in [-0.25, -0.2) is 0 Å². The van der Waals surface area contributed by atoms with Gasteiger partial charge in [-0.1, -0.05) is 11.6 Å². The first-order valence-corrected chi connectivity index (χ1v) is 6.68. The fourth-order valence-electron chi connectivity index (χ4n) is 1.82. The number of rotatable bonds is 4. The van der Waals surface area contributed by atoms with Crippen LogP contribution in [0.3, 0.4) is 0 Å². The van der Waals surface area contributed by atoms with Crippen LogP contribution in [0.1, 0.15) is 11.3 Å². The zero-order valence-electron chi connectivity index (χ0n) is 9.37. The van der Waals surface area contributed by atoms with E-state index < -0.39 is 0 Å². The number of amides is 1. The van der Waals surface area contributed by atoms with Crippen LogP contribution in [0.4, 0.5) is 0 Å². The first kappa shape index (κ1) is 14.8. The van der Waals surface area contributed by atoms with Gasteiger partial charge in [0.2, 0.25) is 5.91 Å². The zero-order valence-corrected chi connectivity index (χ0v) is 11.8. The summed E-state index contributed by atoms with van der Waals surface area (Å²) in [5, 5.41) is 6.16. The highest BCUT2D eigenvalue weighted by Gasteiger charge is 2.21. The molecule has 6 heteroatoms. The third kappa shape index (κ3) is 4.47. The molecule has 1 saturated heterocycles. The van der Waals surface area contributed by atoms with Gasteiger partial charge >= 0.3 is 0 Å². The van der Waals surface area contributed by atoms with Crippen molar-refractivity contribution >= 4 is 41.3 Å². The molecule has 1 amide bonds. The SMILES string of the molecule is Cl.O=C(NCCc1ccc(Cl)s1)C1CCNC1. The molecule has 0 saturated carbocycles. The summed E-state index contributed by atoms with van der Waals surface area (Å²) in [7, 11) is 0. The van der Waals surface area contributed by atoms with Crippen LogP contribution < -0.4 is 10.6 Å². The molecular formula is C11H16Cl2N2OS. The van der Waals surface area contributed by atoms with Gasteiger partial charge in [0.25, 0.3) is 0 Å². The van der Waals surface area contributed by atoms with Crippen molar-refractivity contribution in [2.24, 2.45) is 5.92 Å². The van der Waals surface area contributed by atoms with Crippen molar-refractivity contribution in [2.75, 3.05) is 19.6 Å². The molecule has 1 aliphatic heterocycles. The molecule has 1 fully saturated rings. The molecule has 1 atom stereocenters. The van der Waals surface area contributed by atoms with Gasteiger partial charge in [-0.3, -0.25) is 4.79 Å². The van der Waals surface area contributed by atoms with Gasteiger partial charge in [-0.05, 0) is 31.5 Å². The monoisotopic (exact) mass is 294 g/mol. The Morgan fingerprint density at radius 1 is 1.59 bits per heavy atom. The van der Waals surface area contributed by atoms with Gasteiger partial charge in [0.05, 0.1) is 10.3 Å². The molecule has 2 rings (SSSR count). The molecule has 0 radical (unpaired) electrons. The van der Waals surface area contributed by atoms with Crippen molar-refractivity contribution in [1.82, 2.24) is 10.6 Å². The lowest BCUT2D eigenvalue weighted by atomic mass is 10.1. The van der Waals surface area contributed by atoms with Crippen molar-refractivity contribution in [3.8, 4) is 0 Å². The second-order valence-electron chi connectivity index (χ2n) is 3.94. The number of nitrogens with one attached hydrogen (secondary N) is 2. The maximum atomic E-state index is 11.7. The molecule has 1 unspecified atom stereocenters. The smallest absolute Gasteiger partial charge is 0.224 e. The summed E-state index contributed by atoms with van der Waals surface area (Å²) < 4.78 is 0.807. The predicted octanol–water partition coefficient (Wildman–Crippen LogP) is 2.09. The molecule has 1 aromatic rings. The summed E-state index contributed by atoms with van der Waals surface area (Å²) in [4.78, 5) is 12.9. The number of hydrogen-bond acceptors (Lipinski definition) is 3. The normalized spacial score (nSPS) is 18.8. The van der Waals surface area contributed by atoms with Crippen LogP contribution in [0.2, 0.25) is 4.34 Å². The van der Waals surface area contributed by atoms with Crippen LogP contribution in [0, 0.1) is 5.92 Å². The summed E-state index contributed by atoms with van der Waals surface area (Å²) in [6, 6.07) is 3.90. The minimum Gasteiger partial charge on any atom is -0.355 e. The van der Waals surface area contributed by atoms with E-state index in [0.29, 0.717) is 6.54 Å². The van der Waals surface area contributed by atoms with Gasteiger partial charge in [-0.2, -0.15) is 0 Å². The van der Waals surface area contributed by atoms with E-state index >= 15 is 0 Å². The minimum absolute atomic E-state index is 0. The van der Waals surface area contributed by atoms with E-state index in [4.69, 9.17) is 11.6 Å². The molecule has 0 bridgehead atoms. The van der Waals surface area contributed by atoms with Crippen molar-refractivity contribution < 1.29 is 4.79 Å². The Kier molecular flexibility index (Phi) is 6.27. The van der Waals surface area contributed by atoms with E-state index in [2.05, 4.69) is 10.6 Å². The Morgan fingerprint density at radius 2 is 2.41 bits per heavy atom. The van der Waals surface area contributed by atoms with Crippen LogP contribution in [0.15, 0.2) is 12.1 Å². The Labute approximate surface area is 116 Å². The summed E-state index contributed by atoms with van der Waals surface area (Å²) in [6.45, 7) is 2.47. The van der Waals surface area contributed by atoms with Crippen LogP contribution in [0.5, 0.6) is 0 Å². The molecule has 2 N–H and O–H groups in total. The zero-order chi connectivity index (χ0) is 11.4. The highest BCUT2D eigenvalue weighted by Crippen LogP contribution is 2.21. The van der Waals surface area contributed by atoms with E-state index in [1.165, 1.54) is 4.88 Å². The summed E-state index contributed by atoms with van der Waals surface area (Å²) in [5.74, 6) is 0.333. The average molecular weight is 295 g/mol. The highest BCUT2D eigenvalue weighted by atomic mass is 35.5. The first-order valence-electron chi connectivity index (χ1n) is 5.48. The lowest BCUT2D eigenvalue weighted by Gasteiger charge is -2.08. The van der Waals surface area contributed by atoms with Gasteiger partial charge in [0.1, 0.15) is 0 Å². The predicted molar refractivity (Wildman–Crippen MR) is 74.3 cm³/mol. The second-order valence-corrected chi connectivity index (χ2v) is 5.74. The topological polar surface area (TPSA) is 41.1 Å². The lowest BCUT2D eigenvalue weighted by molar-refractivity contribution is -0.124. The van der Waals surface area contributed by atoms with Crippen molar-refractivity contribution in [1.29, 1.82) is 0 Å². The van der Waals surface area contributed by atoms with E-state index in [-0.39, 0.29) is 24.2 Å². The molecular weight excluding hydrogens is 279 g/mol. The molecule has 2 heterocycles. The second kappa shape index (κ2) is 7.21. The number of halogens is 2. The van der Waals surface area contributed by atoms with E-state index in [9.17, 15) is 4.79 Å². The average Bonchev–Trinajstić information content (AvgIpc) is 2.89. The fraction of sp³-hybridized carbons (Fsp3) is 0.545. The molecule has 0 spiro atoms. The molecule has 0 aromatic carbocycles. The lowest BCUT2D eigenvalue weighted by Crippen LogP contribution is -2.33. The standard InChI is InChI=1S/C11H15ClN2OS.ClH/c12-10-2-1-9(16-10)4-6-14-11(15)8-3-5-13-7-8;/h1-2,8,13H,3-7H2,(H,14,15);1H. The molecule has 96 valence electrons. The van der Waals surface area contributed by atoms with Crippen molar-refractivity contribution in [3.05, 3.63) is 21.3 Å². The van der Waals surface area contributed by atoms with Crippen LogP contribution in [-0.4, -0.2) is 25.5 Å². The maximum absolute atomic E-state index is 11.7. The third-order valence-corrected chi connectivity index (χ3v) is 4.02. The number of carbonyl (C=O) groups is 1. The Morgan fingerprint density at radius 3 is 3.00 bits per heavy atom. The molecule has 3 nitrogen and oxygen atoms in total. The molecule has 1 aromatic heterocycles. The fourth-order valence-corrected chi connectivity index (χ4v) is 2.90. The quantitative estimate of drug-likeness (QED) is 0.893. The Balaban J connectivity index is 0.00000144. The molecule has 0 aliphatic carbocycles. The largest absolute Gasteiger partial charge is 0.355 e. The Bertz CT molecular complexity index is 364. The minimum atomic E-state index is 0. The van der Waals surface area contributed by atoms with Gasteiger partial charge in [-0.15, -0.1) is 23.7 Å². The summed E-state index contributed by atoms with van der Waals surface area (Å²) >= 11 is 7.40. The number of thiophene rings is 1. The van der Waals surface area contributed by atoms with Crippen molar-refractivity contribution in [3.63, 3.8) is 0 Å². The van der Waals surface area contributed by atoms with Crippen LogP contribution in [0.25, 0.3) is 0 Å². The number of carbonyl (C=O) groups excluding carboxylic acids is 1. The van der Waals surface area contributed by atoms with E-state index in [0.717, 1.165) is 30.3 Å². The highest BCUT2D eigenvalue weighted by molar-refractivity contribution is 7.16. The van der Waals surface area contributed by atoms with E-state index in [1.807, 2.05) is 12.1 Å². The number of hydrogen-bond donors (Lipinski definition) is 2. The van der Waals surface area contributed by atoms with Crippen LogP contribution >= 0.6 is 35.3 Å². The molecule has 1 aliphatic rings. The van der Waals surface area contributed by atoms with Crippen LogP contribution in [-0.2, 0) is 11.2 Å². The first-order chi connectivity index (χ1) is 7.75. The van der Waals surface area contributed by atoms with Gasteiger partial charge in [0, 0.05) is 18.0 Å². The van der Waals surface area contributed by atoms with Crippen molar-refractivity contribution in [2.45, 2.75) is 12.8 Å². The van der Waals surface area contributed by atoms with Gasteiger partial charge < -0.3 is 10.6 Å². The third-order valence-electron chi connectivity index (χ3n) is 2.73. The summed E-state index contributed by atoms with van der Waals surface area (Å²) in [6.07, 6.45) is 1.82. The van der Waals surface area contributed by atoms with E-state index in [1.54, 1.807) is 11.3 Å². The van der Waals surface area contributed by atoms with Gasteiger partial charge in [0.15, 0.2) is 0 Å². The maximum Gasteiger partial charge on any atom is 0.224 e. The Hall–Kier alpha value is -0.290. The molecule has 17 heavy (non-hydrogen) atoms. The summed E-state index contributed by atoms with van der Waals surface area (Å²) in [5.41, 5.74) is 0.